The Morgan fingerprint density at radius 1 is 1.50 bits per heavy atom. The maximum atomic E-state index is 14.2. The third kappa shape index (κ3) is 3.88. The molecule has 0 aromatic carbocycles. The van der Waals surface area contributed by atoms with Gasteiger partial charge in [-0.15, -0.1) is 0 Å². The minimum absolute atomic E-state index is 0.703. The van der Waals surface area contributed by atoms with Gasteiger partial charge in [0.25, 0.3) is 0 Å². The molecule has 1 aliphatic rings. The standard InChI is InChI=1S/C11H16F2N4O7/c1-3(18)16-5-7(21)9(12)11(13,10(22)23)24-8(5)6(20)4(19)2-15-17-14/h4-9,19-21H,2H2,1H3,(H,16,18)(H,22,23)/t4-,5-,6+,7-,8?,9-,11-/m1/s1. The molecule has 1 heterocycles. The minimum Gasteiger partial charge on any atom is -0.477 e. The van der Waals surface area contributed by atoms with Crippen molar-refractivity contribution in [3.63, 3.8) is 0 Å². The summed E-state index contributed by atoms with van der Waals surface area (Å²) >= 11 is 0. The third-order valence-corrected chi connectivity index (χ3v) is 3.41. The number of carboxylic acid groups (broad SMARTS) is 1. The lowest BCUT2D eigenvalue weighted by molar-refractivity contribution is -0.292. The van der Waals surface area contributed by atoms with Crippen LogP contribution < -0.4 is 5.32 Å². The summed E-state index contributed by atoms with van der Waals surface area (Å²) in [6, 6.07) is -1.77. The zero-order valence-corrected chi connectivity index (χ0v) is 12.3. The third-order valence-electron chi connectivity index (χ3n) is 3.41. The first-order chi connectivity index (χ1) is 11.1. The number of nitrogens with zero attached hydrogens (tertiary/aromatic N) is 3. The molecular formula is C11H16F2N4O7. The van der Waals surface area contributed by atoms with E-state index in [1.54, 1.807) is 0 Å². The van der Waals surface area contributed by atoms with Crippen molar-refractivity contribution in [3.8, 4) is 0 Å². The smallest absolute Gasteiger partial charge is 0.372 e. The molecule has 0 aromatic rings. The largest absolute Gasteiger partial charge is 0.477 e. The van der Waals surface area contributed by atoms with Crippen LogP contribution in [-0.2, 0) is 14.3 Å². The van der Waals surface area contributed by atoms with E-state index < -0.39 is 60.9 Å². The number of ether oxygens (including phenoxy) is 1. The highest BCUT2D eigenvalue weighted by molar-refractivity contribution is 5.77. The van der Waals surface area contributed by atoms with Crippen LogP contribution in [0.2, 0.25) is 0 Å². The fraction of sp³-hybridized carbons (Fsp3) is 0.818. The van der Waals surface area contributed by atoms with Gasteiger partial charge in [-0.2, -0.15) is 4.39 Å². The summed E-state index contributed by atoms with van der Waals surface area (Å²) in [4.78, 5) is 24.4. The number of carboxylic acids is 1. The molecule has 5 N–H and O–H groups in total. The number of amides is 1. The van der Waals surface area contributed by atoms with Crippen LogP contribution in [0, 0.1) is 0 Å². The number of aliphatic hydroxyl groups excluding tert-OH is 3. The van der Waals surface area contributed by atoms with Crippen LogP contribution in [0.5, 0.6) is 0 Å². The summed E-state index contributed by atoms with van der Waals surface area (Å²) in [6.45, 7) is 0.264. The molecule has 0 aromatic heterocycles. The minimum atomic E-state index is -4.02. The average molecular weight is 354 g/mol. The lowest BCUT2D eigenvalue weighted by Gasteiger charge is -2.45. The number of hydrogen-bond donors (Lipinski definition) is 5. The Morgan fingerprint density at radius 2 is 2.08 bits per heavy atom. The molecule has 1 aliphatic heterocycles. The molecule has 11 nitrogen and oxygen atoms in total. The molecule has 1 rings (SSSR count). The lowest BCUT2D eigenvalue weighted by Crippen LogP contribution is -2.71. The Hall–Kier alpha value is -2.05. The number of hydrogen-bond acceptors (Lipinski definition) is 7. The quantitative estimate of drug-likeness (QED) is 0.215. The Morgan fingerprint density at radius 3 is 2.54 bits per heavy atom. The number of alkyl halides is 2. The fourth-order valence-electron chi connectivity index (χ4n) is 2.23. The first kappa shape index (κ1) is 20.0. The maximum absolute atomic E-state index is 14.2. The van der Waals surface area contributed by atoms with Crippen molar-refractivity contribution in [2.45, 2.75) is 49.4 Å². The predicted molar refractivity (Wildman–Crippen MR) is 70.9 cm³/mol. The van der Waals surface area contributed by atoms with Crippen LogP contribution in [0.4, 0.5) is 8.78 Å². The van der Waals surface area contributed by atoms with E-state index in [9.17, 15) is 33.7 Å². The number of nitrogens with one attached hydrogen (secondary N) is 1. The summed E-state index contributed by atoms with van der Waals surface area (Å²) in [5.41, 5.74) is 8.16. The lowest BCUT2D eigenvalue weighted by atomic mass is 9.88. The highest BCUT2D eigenvalue weighted by atomic mass is 19.2. The summed E-state index contributed by atoms with van der Waals surface area (Å²) < 4.78 is 32.6. The highest BCUT2D eigenvalue weighted by Gasteiger charge is 2.62. The molecule has 13 heteroatoms. The van der Waals surface area contributed by atoms with Crippen molar-refractivity contribution in [2.24, 2.45) is 5.11 Å². The molecule has 0 bridgehead atoms. The number of halogens is 2. The zero-order valence-electron chi connectivity index (χ0n) is 12.3. The Kier molecular flexibility index (Phi) is 6.40. The van der Waals surface area contributed by atoms with Crippen molar-refractivity contribution < 1.29 is 43.5 Å². The van der Waals surface area contributed by atoms with E-state index in [0.29, 0.717) is 0 Å². The van der Waals surface area contributed by atoms with E-state index in [4.69, 9.17) is 10.6 Å². The molecule has 1 unspecified atom stereocenters. The molecule has 1 fully saturated rings. The van der Waals surface area contributed by atoms with Gasteiger partial charge in [0.05, 0.1) is 18.7 Å². The van der Waals surface area contributed by atoms with Gasteiger partial charge in [0.15, 0.2) is 6.17 Å². The van der Waals surface area contributed by atoms with Gasteiger partial charge in [0.1, 0.15) is 18.3 Å². The second-order valence-electron chi connectivity index (χ2n) is 5.12. The topological polar surface area (TPSA) is 185 Å². The first-order valence-corrected chi connectivity index (χ1v) is 6.62. The molecule has 0 spiro atoms. The number of azide groups is 1. The number of carbonyl (C=O) groups is 2. The Labute approximate surface area is 133 Å². The van der Waals surface area contributed by atoms with Crippen LogP contribution in [0.15, 0.2) is 5.11 Å². The molecule has 0 aliphatic carbocycles. The molecule has 0 saturated carbocycles. The van der Waals surface area contributed by atoms with Crippen LogP contribution in [0.25, 0.3) is 10.4 Å². The maximum Gasteiger partial charge on any atom is 0.372 e. The van der Waals surface area contributed by atoms with Crippen molar-refractivity contribution in [3.05, 3.63) is 10.4 Å². The van der Waals surface area contributed by atoms with Gasteiger partial charge in [-0.25, -0.2) is 9.18 Å². The van der Waals surface area contributed by atoms with Crippen molar-refractivity contribution >= 4 is 11.9 Å². The van der Waals surface area contributed by atoms with Crippen LogP contribution in [-0.4, -0.2) is 81.3 Å². The molecule has 1 amide bonds. The Bertz CT molecular complexity index is 546. The molecule has 1 saturated heterocycles. The van der Waals surface area contributed by atoms with Gasteiger partial charge in [-0.1, -0.05) is 5.11 Å². The van der Waals surface area contributed by atoms with E-state index >= 15 is 0 Å². The molecule has 136 valence electrons. The summed E-state index contributed by atoms with van der Waals surface area (Å²) in [5, 5.41) is 43.2. The summed E-state index contributed by atoms with van der Waals surface area (Å²) in [5.74, 6) is -7.24. The van der Waals surface area contributed by atoms with Gasteiger partial charge in [0.2, 0.25) is 5.91 Å². The van der Waals surface area contributed by atoms with E-state index in [2.05, 4.69) is 14.8 Å². The second-order valence-corrected chi connectivity index (χ2v) is 5.12. The van der Waals surface area contributed by atoms with Gasteiger partial charge in [-0.3, -0.25) is 4.79 Å². The van der Waals surface area contributed by atoms with E-state index in [-0.39, 0.29) is 0 Å². The number of aliphatic carboxylic acids is 1. The SMILES string of the molecule is CC(=O)N[C@H]1C([C@@H](O)[C@H](O)CN=[N+]=[N-])O[C@@](F)(C(=O)O)[C@H](F)[C@@H]1O. The van der Waals surface area contributed by atoms with Gasteiger partial charge in [0, 0.05) is 11.8 Å². The fourth-order valence-corrected chi connectivity index (χ4v) is 2.23. The van der Waals surface area contributed by atoms with Crippen LogP contribution >= 0.6 is 0 Å². The Balaban J connectivity index is 3.19. The monoisotopic (exact) mass is 354 g/mol. The van der Waals surface area contributed by atoms with Gasteiger partial charge < -0.3 is 30.5 Å². The predicted octanol–water partition coefficient (Wildman–Crippen LogP) is -1.63. The van der Waals surface area contributed by atoms with Gasteiger partial charge >= 0.3 is 11.8 Å². The molecule has 24 heavy (non-hydrogen) atoms. The molecule has 0 radical (unpaired) electrons. The number of aliphatic hydroxyl groups is 3. The number of carbonyl (C=O) groups excluding carboxylic acids is 1. The van der Waals surface area contributed by atoms with Gasteiger partial charge in [-0.05, 0) is 5.53 Å². The van der Waals surface area contributed by atoms with E-state index in [0.717, 1.165) is 6.92 Å². The van der Waals surface area contributed by atoms with Crippen molar-refractivity contribution in [1.82, 2.24) is 5.32 Å². The summed E-state index contributed by atoms with van der Waals surface area (Å²) in [6.07, 6.45) is -11.5. The number of rotatable bonds is 6. The zero-order chi connectivity index (χ0) is 18.7. The van der Waals surface area contributed by atoms with E-state index in [1.807, 2.05) is 5.32 Å². The van der Waals surface area contributed by atoms with Crippen molar-refractivity contribution in [1.29, 1.82) is 0 Å². The second kappa shape index (κ2) is 7.68. The molecular weight excluding hydrogens is 338 g/mol. The van der Waals surface area contributed by atoms with Crippen molar-refractivity contribution in [2.75, 3.05) is 6.54 Å². The van der Waals surface area contributed by atoms with Crippen LogP contribution in [0.3, 0.4) is 0 Å². The van der Waals surface area contributed by atoms with Crippen LogP contribution in [0.1, 0.15) is 6.92 Å². The first-order valence-electron chi connectivity index (χ1n) is 6.62. The summed E-state index contributed by atoms with van der Waals surface area (Å²) in [7, 11) is 0. The average Bonchev–Trinajstić information content (AvgIpc) is 2.51. The highest BCUT2D eigenvalue weighted by Crippen LogP contribution is 2.35. The molecule has 7 atom stereocenters. The normalized spacial score (nSPS) is 35.4. The van der Waals surface area contributed by atoms with E-state index in [1.165, 1.54) is 0 Å².